The third-order valence-electron chi connectivity index (χ3n) is 5.08. The molecule has 1 aliphatic carbocycles. The van der Waals surface area contributed by atoms with Crippen LogP contribution in [-0.4, -0.2) is 12.1 Å². The lowest BCUT2D eigenvalue weighted by Crippen LogP contribution is -2.01. The SMILES string of the molecule is COc1ccc(-c2nc3ccc(C)cc3c3c2CCCCC3)cc1. The highest BCUT2D eigenvalue weighted by molar-refractivity contribution is 5.88. The Hall–Kier alpha value is -2.35. The number of ether oxygens (including phenoxy) is 1. The molecule has 0 N–H and O–H groups in total. The third-order valence-corrected chi connectivity index (χ3v) is 5.08. The van der Waals surface area contributed by atoms with Crippen molar-refractivity contribution in [1.82, 2.24) is 4.98 Å². The molecule has 0 fully saturated rings. The highest BCUT2D eigenvalue weighted by atomic mass is 16.5. The Balaban J connectivity index is 1.97. The molecule has 1 heterocycles. The van der Waals surface area contributed by atoms with E-state index in [1.54, 1.807) is 7.11 Å². The van der Waals surface area contributed by atoms with Gasteiger partial charge in [-0.1, -0.05) is 18.1 Å². The topological polar surface area (TPSA) is 22.1 Å². The molecule has 1 aromatic heterocycles. The van der Waals surface area contributed by atoms with E-state index in [1.807, 2.05) is 12.1 Å². The molecule has 0 bridgehead atoms. The summed E-state index contributed by atoms with van der Waals surface area (Å²) in [4.78, 5) is 5.06. The van der Waals surface area contributed by atoms with E-state index in [9.17, 15) is 0 Å². The average molecular weight is 317 g/mol. The van der Waals surface area contributed by atoms with E-state index in [1.165, 1.54) is 53.3 Å². The lowest BCUT2D eigenvalue weighted by molar-refractivity contribution is 0.415. The molecule has 0 aliphatic heterocycles. The van der Waals surface area contributed by atoms with E-state index >= 15 is 0 Å². The fraction of sp³-hybridized carbons (Fsp3) is 0.318. The van der Waals surface area contributed by atoms with Gasteiger partial charge in [-0.2, -0.15) is 0 Å². The van der Waals surface area contributed by atoms with Crippen LogP contribution in [0, 0.1) is 6.92 Å². The van der Waals surface area contributed by atoms with Crippen LogP contribution in [0.2, 0.25) is 0 Å². The summed E-state index contributed by atoms with van der Waals surface area (Å²) in [5, 5.41) is 1.35. The number of hydrogen-bond donors (Lipinski definition) is 0. The van der Waals surface area contributed by atoms with Crippen LogP contribution in [0.25, 0.3) is 22.2 Å². The Morgan fingerprint density at radius 3 is 2.38 bits per heavy atom. The summed E-state index contributed by atoms with van der Waals surface area (Å²) < 4.78 is 5.30. The Labute approximate surface area is 143 Å². The zero-order valence-electron chi connectivity index (χ0n) is 14.4. The van der Waals surface area contributed by atoms with Gasteiger partial charge in [0.05, 0.1) is 18.3 Å². The quantitative estimate of drug-likeness (QED) is 0.583. The lowest BCUT2D eigenvalue weighted by Gasteiger charge is -2.16. The summed E-state index contributed by atoms with van der Waals surface area (Å²) >= 11 is 0. The number of methoxy groups -OCH3 is 1. The van der Waals surface area contributed by atoms with Gasteiger partial charge in [-0.25, -0.2) is 4.98 Å². The Morgan fingerprint density at radius 2 is 1.62 bits per heavy atom. The molecule has 0 radical (unpaired) electrons. The standard InChI is InChI=1S/C22H23NO/c1-15-8-13-21-20(14-15)18-6-4-3-5-7-19(18)22(23-21)16-9-11-17(24-2)12-10-16/h8-14H,3-7H2,1-2H3. The van der Waals surface area contributed by atoms with E-state index < -0.39 is 0 Å². The number of nitrogens with zero attached hydrogens (tertiary/aromatic N) is 1. The summed E-state index contributed by atoms with van der Waals surface area (Å²) in [7, 11) is 1.71. The second-order valence-electron chi connectivity index (χ2n) is 6.73. The van der Waals surface area contributed by atoms with Crippen molar-refractivity contribution in [2.24, 2.45) is 0 Å². The summed E-state index contributed by atoms with van der Waals surface area (Å²) in [5.74, 6) is 0.890. The van der Waals surface area contributed by atoms with Crippen molar-refractivity contribution in [1.29, 1.82) is 0 Å². The second kappa shape index (κ2) is 6.27. The van der Waals surface area contributed by atoms with Gasteiger partial charge >= 0.3 is 0 Å². The predicted octanol–water partition coefficient (Wildman–Crippen LogP) is 5.49. The number of fused-ring (bicyclic) bond motifs is 3. The van der Waals surface area contributed by atoms with Crippen LogP contribution in [0.1, 0.15) is 36.0 Å². The molecule has 122 valence electrons. The number of benzene rings is 2. The monoisotopic (exact) mass is 317 g/mol. The van der Waals surface area contributed by atoms with Crippen molar-refractivity contribution in [2.45, 2.75) is 39.0 Å². The summed E-state index contributed by atoms with van der Waals surface area (Å²) in [5.41, 5.74) is 7.75. The van der Waals surface area contributed by atoms with Crippen molar-refractivity contribution >= 4 is 10.9 Å². The first-order valence-corrected chi connectivity index (χ1v) is 8.83. The number of aromatic nitrogens is 1. The van der Waals surface area contributed by atoms with Crippen LogP contribution in [0.5, 0.6) is 5.75 Å². The molecular weight excluding hydrogens is 294 g/mol. The molecule has 2 nitrogen and oxygen atoms in total. The van der Waals surface area contributed by atoms with Crippen LogP contribution in [-0.2, 0) is 12.8 Å². The second-order valence-corrected chi connectivity index (χ2v) is 6.73. The maximum atomic E-state index is 5.30. The maximum Gasteiger partial charge on any atom is 0.118 e. The molecule has 24 heavy (non-hydrogen) atoms. The van der Waals surface area contributed by atoms with Gasteiger partial charge in [-0.05, 0) is 80.1 Å². The largest absolute Gasteiger partial charge is 0.497 e. The zero-order chi connectivity index (χ0) is 16.5. The molecule has 0 saturated heterocycles. The Kier molecular flexibility index (Phi) is 3.97. The van der Waals surface area contributed by atoms with E-state index in [0.29, 0.717) is 0 Å². The van der Waals surface area contributed by atoms with Crippen LogP contribution < -0.4 is 4.74 Å². The van der Waals surface area contributed by atoms with Gasteiger partial charge in [0.2, 0.25) is 0 Å². The fourth-order valence-corrected chi connectivity index (χ4v) is 3.81. The minimum atomic E-state index is 0.890. The smallest absolute Gasteiger partial charge is 0.118 e. The third kappa shape index (κ3) is 2.66. The minimum absolute atomic E-state index is 0.890. The van der Waals surface area contributed by atoms with Gasteiger partial charge in [0.15, 0.2) is 0 Å². The van der Waals surface area contributed by atoms with Gasteiger partial charge < -0.3 is 4.74 Å². The average Bonchev–Trinajstić information content (AvgIpc) is 2.87. The first-order chi connectivity index (χ1) is 11.8. The molecule has 2 heteroatoms. The molecular formula is C22H23NO. The summed E-state index contributed by atoms with van der Waals surface area (Å²) in [6, 6.07) is 15.0. The van der Waals surface area contributed by atoms with Crippen LogP contribution in [0.4, 0.5) is 0 Å². The lowest BCUT2D eigenvalue weighted by atomic mass is 9.93. The zero-order valence-corrected chi connectivity index (χ0v) is 14.4. The molecule has 0 saturated carbocycles. The van der Waals surface area contributed by atoms with E-state index in [2.05, 4.69) is 37.3 Å². The summed E-state index contributed by atoms with van der Waals surface area (Å²) in [6.45, 7) is 2.17. The molecule has 0 amide bonds. The maximum absolute atomic E-state index is 5.30. The predicted molar refractivity (Wildman–Crippen MR) is 99.7 cm³/mol. The van der Waals surface area contributed by atoms with E-state index in [-0.39, 0.29) is 0 Å². The van der Waals surface area contributed by atoms with Crippen molar-refractivity contribution in [2.75, 3.05) is 7.11 Å². The molecule has 4 rings (SSSR count). The molecule has 1 aliphatic rings. The first kappa shape index (κ1) is 15.2. The van der Waals surface area contributed by atoms with Crippen molar-refractivity contribution < 1.29 is 4.74 Å². The number of hydrogen-bond acceptors (Lipinski definition) is 2. The highest BCUT2D eigenvalue weighted by Gasteiger charge is 2.18. The van der Waals surface area contributed by atoms with Crippen LogP contribution in [0.15, 0.2) is 42.5 Å². The summed E-state index contributed by atoms with van der Waals surface area (Å²) in [6.07, 6.45) is 6.15. The minimum Gasteiger partial charge on any atom is -0.497 e. The van der Waals surface area contributed by atoms with Gasteiger partial charge in [0.1, 0.15) is 5.75 Å². The Morgan fingerprint density at radius 1 is 0.875 bits per heavy atom. The molecule has 2 aromatic carbocycles. The number of pyridine rings is 1. The molecule has 0 spiro atoms. The van der Waals surface area contributed by atoms with Crippen LogP contribution >= 0.6 is 0 Å². The van der Waals surface area contributed by atoms with Gasteiger partial charge in [-0.3, -0.25) is 0 Å². The normalized spacial score (nSPS) is 14.2. The van der Waals surface area contributed by atoms with Crippen LogP contribution in [0.3, 0.4) is 0 Å². The van der Waals surface area contributed by atoms with Crippen molar-refractivity contribution in [3.63, 3.8) is 0 Å². The molecule has 3 aromatic rings. The van der Waals surface area contributed by atoms with Crippen molar-refractivity contribution in [3.05, 3.63) is 59.2 Å². The first-order valence-electron chi connectivity index (χ1n) is 8.83. The molecule has 0 unspecified atom stereocenters. The number of aryl methyl sites for hydroxylation is 2. The van der Waals surface area contributed by atoms with Gasteiger partial charge in [-0.15, -0.1) is 0 Å². The van der Waals surface area contributed by atoms with Crippen molar-refractivity contribution in [3.8, 4) is 17.0 Å². The van der Waals surface area contributed by atoms with Gasteiger partial charge in [0, 0.05) is 10.9 Å². The fourth-order valence-electron chi connectivity index (χ4n) is 3.81. The van der Waals surface area contributed by atoms with Gasteiger partial charge in [0.25, 0.3) is 0 Å². The van der Waals surface area contributed by atoms with E-state index in [4.69, 9.17) is 9.72 Å². The molecule has 0 atom stereocenters. The van der Waals surface area contributed by atoms with E-state index in [0.717, 1.165) is 23.4 Å². The highest BCUT2D eigenvalue weighted by Crippen LogP contribution is 2.35. The Bertz CT molecular complexity index is 881. The number of rotatable bonds is 2.